The Hall–Kier alpha value is -1.96. The minimum absolute atomic E-state index is 0.228. The summed E-state index contributed by atoms with van der Waals surface area (Å²) in [5, 5.41) is 3.67. The maximum absolute atomic E-state index is 6.19. The summed E-state index contributed by atoms with van der Waals surface area (Å²) in [6.07, 6.45) is 12.2. The van der Waals surface area contributed by atoms with Gasteiger partial charge in [0.05, 0.1) is 11.4 Å². The molecule has 0 atom stereocenters. The van der Waals surface area contributed by atoms with E-state index in [-0.39, 0.29) is 5.41 Å². The van der Waals surface area contributed by atoms with Gasteiger partial charge in [-0.05, 0) is 42.0 Å². The first-order valence-corrected chi connectivity index (χ1v) is 9.94. The van der Waals surface area contributed by atoms with Crippen molar-refractivity contribution in [2.75, 3.05) is 5.32 Å². The summed E-state index contributed by atoms with van der Waals surface area (Å²) in [4.78, 5) is 0. The van der Waals surface area contributed by atoms with E-state index in [2.05, 4.69) is 42.6 Å². The number of hydrogen-bond donors (Lipinski definition) is 1. The van der Waals surface area contributed by atoms with E-state index >= 15 is 0 Å². The van der Waals surface area contributed by atoms with Gasteiger partial charge in [-0.2, -0.15) is 0 Å². The summed E-state index contributed by atoms with van der Waals surface area (Å²) in [5.41, 5.74) is 3.91. The molecule has 4 rings (SSSR count). The fourth-order valence-electron chi connectivity index (χ4n) is 4.47. The highest BCUT2D eigenvalue weighted by atomic mass is 16.5. The van der Waals surface area contributed by atoms with Crippen LogP contribution < -0.4 is 10.1 Å². The van der Waals surface area contributed by atoms with Crippen molar-refractivity contribution in [2.45, 2.75) is 70.1 Å². The summed E-state index contributed by atoms with van der Waals surface area (Å²) in [5.74, 6) is 1.89. The molecule has 0 bridgehead atoms. The molecular weight excluding hydrogens is 306 g/mol. The van der Waals surface area contributed by atoms with Gasteiger partial charge >= 0.3 is 0 Å². The lowest BCUT2D eigenvalue weighted by atomic mass is 9.72. The third-order valence-corrected chi connectivity index (χ3v) is 6.00. The molecule has 0 radical (unpaired) electrons. The highest BCUT2D eigenvalue weighted by Crippen LogP contribution is 2.48. The molecule has 1 heterocycles. The Bertz CT molecular complexity index is 727. The minimum atomic E-state index is 0.228. The number of fused-ring (bicyclic) bond motifs is 2. The molecule has 25 heavy (non-hydrogen) atoms. The number of anilines is 2. The lowest BCUT2D eigenvalue weighted by molar-refractivity contribution is 0.351. The third-order valence-electron chi connectivity index (χ3n) is 6.00. The summed E-state index contributed by atoms with van der Waals surface area (Å²) < 4.78 is 6.19. The molecule has 0 spiro atoms. The maximum atomic E-state index is 6.19. The fourth-order valence-corrected chi connectivity index (χ4v) is 4.47. The van der Waals surface area contributed by atoms with Gasteiger partial charge in [-0.15, -0.1) is 0 Å². The average molecular weight is 335 g/mol. The second kappa shape index (κ2) is 7.11. The van der Waals surface area contributed by atoms with Gasteiger partial charge in [0.2, 0.25) is 0 Å². The van der Waals surface area contributed by atoms with Crippen LogP contribution in [0.2, 0.25) is 0 Å². The number of nitrogens with one attached hydrogen (secondary N) is 1. The largest absolute Gasteiger partial charge is 0.453 e. The Kier molecular flexibility index (Phi) is 4.70. The van der Waals surface area contributed by atoms with Gasteiger partial charge in [-0.1, -0.05) is 76.1 Å². The van der Waals surface area contributed by atoms with Crippen LogP contribution in [0, 0.1) is 0 Å². The van der Waals surface area contributed by atoms with Gasteiger partial charge in [0.25, 0.3) is 0 Å². The molecule has 2 aliphatic rings. The van der Waals surface area contributed by atoms with Crippen molar-refractivity contribution in [2.24, 2.45) is 0 Å². The van der Waals surface area contributed by atoms with Crippen LogP contribution in [0.15, 0.2) is 42.5 Å². The van der Waals surface area contributed by atoms with E-state index in [1.54, 1.807) is 0 Å². The van der Waals surface area contributed by atoms with Crippen LogP contribution in [-0.4, -0.2) is 0 Å². The Morgan fingerprint density at radius 1 is 0.760 bits per heavy atom. The predicted octanol–water partition coefficient (Wildman–Crippen LogP) is 7.32. The molecule has 2 aromatic rings. The van der Waals surface area contributed by atoms with Gasteiger partial charge in [0.15, 0.2) is 11.5 Å². The quantitative estimate of drug-likeness (QED) is 0.503. The zero-order valence-corrected chi connectivity index (χ0v) is 15.3. The SMILES string of the molecule is CC1(c2cccc3c2Nc2ccccc2O3)CCCCCCCCC1. The first kappa shape index (κ1) is 16.5. The first-order chi connectivity index (χ1) is 12.3. The lowest BCUT2D eigenvalue weighted by Crippen LogP contribution is -2.24. The lowest BCUT2D eigenvalue weighted by Gasteiger charge is -2.35. The topological polar surface area (TPSA) is 21.3 Å². The van der Waals surface area contributed by atoms with Crippen LogP contribution in [0.25, 0.3) is 0 Å². The number of para-hydroxylation sites is 3. The van der Waals surface area contributed by atoms with Gasteiger partial charge in [-0.25, -0.2) is 0 Å². The van der Waals surface area contributed by atoms with E-state index in [0.29, 0.717) is 0 Å². The van der Waals surface area contributed by atoms with E-state index in [0.717, 1.165) is 17.2 Å². The Morgan fingerprint density at radius 2 is 1.40 bits per heavy atom. The van der Waals surface area contributed by atoms with Crippen molar-refractivity contribution in [3.63, 3.8) is 0 Å². The molecule has 0 aromatic heterocycles. The molecule has 0 unspecified atom stereocenters. The number of rotatable bonds is 1. The van der Waals surface area contributed by atoms with Crippen molar-refractivity contribution >= 4 is 11.4 Å². The van der Waals surface area contributed by atoms with E-state index in [4.69, 9.17) is 4.74 Å². The van der Waals surface area contributed by atoms with Crippen molar-refractivity contribution in [1.29, 1.82) is 0 Å². The highest BCUT2D eigenvalue weighted by molar-refractivity contribution is 5.78. The van der Waals surface area contributed by atoms with Crippen LogP contribution >= 0.6 is 0 Å². The molecule has 1 N–H and O–H groups in total. The minimum Gasteiger partial charge on any atom is -0.453 e. The van der Waals surface area contributed by atoms with Crippen LogP contribution in [0.1, 0.15) is 70.3 Å². The third kappa shape index (κ3) is 3.40. The zero-order valence-electron chi connectivity index (χ0n) is 15.3. The van der Waals surface area contributed by atoms with Gasteiger partial charge in [-0.3, -0.25) is 0 Å². The Morgan fingerprint density at radius 3 is 2.16 bits per heavy atom. The first-order valence-electron chi connectivity index (χ1n) is 9.94. The normalized spacial score (nSPS) is 19.7. The average Bonchev–Trinajstić information content (AvgIpc) is 2.65. The van der Waals surface area contributed by atoms with Gasteiger partial charge in [0, 0.05) is 0 Å². The number of hydrogen-bond acceptors (Lipinski definition) is 2. The summed E-state index contributed by atoms with van der Waals surface area (Å²) in [7, 11) is 0. The van der Waals surface area contributed by atoms with Gasteiger partial charge < -0.3 is 10.1 Å². The van der Waals surface area contributed by atoms with Crippen molar-refractivity contribution in [1.82, 2.24) is 0 Å². The zero-order chi connectivity index (χ0) is 17.1. The Balaban J connectivity index is 1.68. The Labute approximate surface area is 151 Å². The van der Waals surface area contributed by atoms with E-state index in [1.807, 2.05) is 12.1 Å². The molecule has 0 saturated heterocycles. The molecule has 1 aliphatic carbocycles. The van der Waals surface area contributed by atoms with Crippen molar-refractivity contribution in [3.05, 3.63) is 48.0 Å². The van der Waals surface area contributed by atoms with E-state index in [9.17, 15) is 0 Å². The van der Waals surface area contributed by atoms with Gasteiger partial charge in [0.1, 0.15) is 0 Å². The molecule has 0 amide bonds. The van der Waals surface area contributed by atoms with E-state index in [1.165, 1.54) is 69.0 Å². The number of benzene rings is 2. The van der Waals surface area contributed by atoms with Crippen LogP contribution in [0.3, 0.4) is 0 Å². The smallest absolute Gasteiger partial charge is 0.151 e. The van der Waals surface area contributed by atoms with Crippen LogP contribution in [0.5, 0.6) is 11.5 Å². The molecule has 2 heteroatoms. The van der Waals surface area contributed by atoms with Crippen molar-refractivity contribution in [3.8, 4) is 11.5 Å². The summed E-state index contributed by atoms with van der Waals surface area (Å²) in [6.45, 7) is 2.46. The van der Waals surface area contributed by atoms with E-state index < -0.39 is 0 Å². The fraction of sp³-hybridized carbons (Fsp3) is 0.478. The molecule has 2 nitrogen and oxygen atoms in total. The number of ether oxygens (including phenoxy) is 1. The molecule has 1 fully saturated rings. The molecule has 1 aliphatic heterocycles. The second-order valence-electron chi connectivity index (χ2n) is 7.94. The molecular formula is C23H29NO. The van der Waals surface area contributed by atoms with Crippen LogP contribution in [0.4, 0.5) is 11.4 Å². The maximum Gasteiger partial charge on any atom is 0.151 e. The van der Waals surface area contributed by atoms with Crippen molar-refractivity contribution < 1.29 is 4.74 Å². The summed E-state index contributed by atoms with van der Waals surface area (Å²) >= 11 is 0. The molecule has 132 valence electrons. The second-order valence-corrected chi connectivity index (χ2v) is 7.94. The highest BCUT2D eigenvalue weighted by Gasteiger charge is 2.31. The molecule has 2 aromatic carbocycles. The monoisotopic (exact) mass is 335 g/mol. The standard InChI is InChI=1S/C23H29NO/c1-23(16-9-5-3-2-4-6-10-17-23)18-12-11-15-21-22(18)24-19-13-7-8-14-20(19)25-21/h7-8,11-15,24H,2-6,9-10,16-17H2,1H3. The summed E-state index contributed by atoms with van der Waals surface area (Å²) in [6, 6.07) is 14.8. The van der Waals surface area contributed by atoms with Crippen LogP contribution in [-0.2, 0) is 5.41 Å². The molecule has 1 saturated carbocycles. The predicted molar refractivity (Wildman–Crippen MR) is 105 cm³/mol.